The summed E-state index contributed by atoms with van der Waals surface area (Å²) >= 11 is 3.57. The molecule has 0 unspecified atom stereocenters. The van der Waals surface area contributed by atoms with E-state index in [1.807, 2.05) is 7.05 Å². The summed E-state index contributed by atoms with van der Waals surface area (Å²) in [6, 6.07) is 4.55. The van der Waals surface area contributed by atoms with Gasteiger partial charge in [0.15, 0.2) is 0 Å². The van der Waals surface area contributed by atoms with E-state index in [0.29, 0.717) is 0 Å². The standard InChI is InChI=1S/C14H22BrN/c1-11-10-14(15)12(2)9-13(11)7-5-4-6-8-16-3/h9-10,16H,4-8H2,1-3H3. The Balaban J connectivity index is 2.45. The first-order valence-electron chi connectivity index (χ1n) is 6.05. The lowest BCUT2D eigenvalue weighted by Gasteiger charge is -2.09. The van der Waals surface area contributed by atoms with E-state index in [0.717, 1.165) is 6.54 Å². The van der Waals surface area contributed by atoms with E-state index in [1.165, 1.54) is 46.8 Å². The van der Waals surface area contributed by atoms with Crippen LogP contribution in [0.3, 0.4) is 0 Å². The molecule has 1 N–H and O–H groups in total. The lowest BCUT2D eigenvalue weighted by Crippen LogP contribution is -2.07. The minimum atomic E-state index is 1.14. The third-order valence-corrected chi connectivity index (χ3v) is 3.84. The second-order valence-corrected chi connectivity index (χ2v) is 5.30. The van der Waals surface area contributed by atoms with E-state index in [-0.39, 0.29) is 0 Å². The van der Waals surface area contributed by atoms with Crippen molar-refractivity contribution in [2.24, 2.45) is 0 Å². The van der Waals surface area contributed by atoms with Crippen LogP contribution in [0.1, 0.15) is 36.0 Å². The van der Waals surface area contributed by atoms with Crippen LogP contribution < -0.4 is 5.32 Å². The van der Waals surface area contributed by atoms with Gasteiger partial charge < -0.3 is 5.32 Å². The van der Waals surface area contributed by atoms with E-state index >= 15 is 0 Å². The Bertz CT molecular complexity index is 334. The first kappa shape index (κ1) is 13.7. The summed E-state index contributed by atoms with van der Waals surface area (Å²) in [7, 11) is 2.02. The van der Waals surface area contributed by atoms with Gasteiger partial charge >= 0.3 is 0 Å². The van der Waals surface area contributed by atoms with Gasteiger partial charge in [-0.05, 0) is 69.5 Å². The van der Waals surface area contributed by atoms with Gasteiger partial charge in [-0.25, -0.2) is 0 Å². The molecule has 0 fully saturated rings. The molecule has 0 radical (unpaired) electrons. The highest BCUT2D eigenvalue weighted by atomic mass is 79.9. The summed E-state index contributed by atoms with van der Waals surface area (Å²) in [5.74, 6) is 0. The molecule has 0 amide bonds. The average Bonchev–Trinajstić information content (AvgIpc) is 2.25. The normalized spacial score (nSPS) is 10.8. The third kappa shape index (κ3) is 4.26. The molecule has 2 heteroatoms. The van der Waals surface area contributed by atoms with Crippen LogP contribution in [0.5, 0.6) is 0 Å². The maximum absolute atomic E-state index is 3.57. The molecule has 0 atom stereocenters. The van der Waals surface area contributed by atoms with Crippen LogP contribution in [0.25, 0.3) is 0 Å². The fourth-order valence-electron chi connectivity index (χ4n) is 1.90. The van der Waals surface area contributed by atoms with Crippen LogP contribution in [0, 0.1) is 13.8 Å². The summed E-state index contributed by atoms with van der Waals surface area (Å²) < 4.78 is 1.23. The van der Waals surface area contributed by atoms with Crippen molar-refractivity contribution in [2.75, 3.05) is 13.6 Å². The van der Waals surface area contributed by atoms with Crippen LogP contribution in [0.15, 0.2) is 16.6 Å². The highest BCUT2D eigenvalue weighted by Crippen LogP contribution is 2.22. The summed E-state index contributed by atoms with van der Waals surface area (Å²) in [6.45, 7) is 5.50. The van der Waals surface area contributed by atoms with E-state index in [2.05, 4.69) is 47.2 Å². The van der Waals surface area contributed by atoms with Crippen LogP contribution in [-0.2, 0) is 6.42 Å². The molecule has 0 spiro atoms. The van der Waals surface area contributed by atoms with Gasteiger partial charge in [0.1, 0.15) is 0 Å². The molecule has 0 heterocycles. The molecule has 16 heavy (non-hydrogen) atoms. The fraction of sp³-hybridized carbons (Fsp3) is 0.571. The van der Waals surface area contributed by atoms with Crippen molar-refractivity contribution in [2.45, 2.75) is 39.5 Å². The van der Waals surface area contributed by atoms with Gasteiger partial charge in [-0.15, -0.1) is 0 Å². The second-order valence-electron chi connectivity index (χ2n) is 4.44. The fourth-order valence-corrected chi connectivity index (χ4v) is 2.36. The molecular weight excluding hydrogens is 262 g/mol. The van der Waals surface area contributed by atoms with Gasteiger partial charge in [0.25, 0.3) is 0 Å². The SMILES string of the molecule is CNCCCCCc1cc(C)c(Br)cc1C. The summed E-state index contributed by atoms with van der Waals surface area (Å²) in [6.07, 6.45) is 5.10. The van der Waals surface area contributed by atoms with Crippen molar-refractivity contribution in [1.29, 1.82) is 0 Å². The quantitative estimate of drug-likeness (QED) is 0.779. The predicted molar refractivity (Wildman–Crippen MR) is 75.1 cm³/mol. The Kier molecular flexibility index (Phi) is 6.07. The number of halogens is 1. The molecule has 90 valence electrons. The van der Waals surface area contributed by atoms with Crippen molar-refractivity contribution in [1.82, 2.24) is 5.32 Å². The highest BCUT2D eigenvalue weighted by molar-refractivity contribution is 9.10. The molecule has 1 nitrogen and oxygen atoms in total. The van der Waals surface area contributed by atoms with Gasteiger partial charge in [0.2, 0.25) is 0 Å². The lowest BCUT2D eigenvalue weighted by molar-refractivity contribution is 0.641. The predicted octanol–water partition coefficient (Wildman–Crippen LogP) is 4.00. The van der Waals surface area contributed by atoms with E-state index < -0.39 is 0 Å². The van der Waals surface area contributed by atoms with Crippen molar-refractivity contribution >= 4 is 15.9 Å². The number of rotatable bonds is 6. The first-order valence-corrected chi connectivity index (χ1v) is 6.84. The number of benzene rings is 1. The van der Waals surface area contributed by atoms with Crippen LogP contribution in [-0.4, -0.2) is 13.6 Å². The van der Waals surface area contributed by atoms with E-state index in [4.69, 9.17) is 0 Å². The molecule has 0 aliphatic carbocycles. The van der Waals surface area contributed by atoms with Crippen molar-refractivity contribution < 1.29 is 0 Å². The van der Waals surface area contributed by atoms with Crippen LogP contribution >= 0.6 is 15.9 Å². The van der Waals surface area contributed by atoms with Gasteiger partial charge in [-0.3, -0.25) is 0 Å². The minimum Gasteiger partial charge on any atom is -0.320 e. The lowest BCUT2D eigenvalue weighted by atomic mass is 10.00. The summed E-state index contributed by atoms with van der Waals surface area (Å²) in [5, 5.41) is 3.19. The molecular formula is C14H22BrN. The van der Waals surface area contributed by atoms with Crippen LogP contribution in [0.4, 0.5) is 0 Å². The molecule has 1 rings (SSSR count). The van der Waals surface area contributed by atoms with Gasteiger partial charge in [-0.2, -0.15) is 0 Å². The number of unbranched alkanes of at least 4 members (excludes halogenated alkanes) is 2. The smallest absolute Gasteiger partial charge is 0.0207 e. The molecule has 1 aromatic carbocycles. The topological polar surface area (TPSA) is 12.0 Å². The molecule has 0 saturated carbocycles. The van der Waals surface area contributed by atoms with E-state index in [9.17, 15) is 0 Å². The molecule has 1 aromatic rings. The first-order chi connectivity index (χ1) is 7.65. The summed E-state index contributed by atoms with van der Waals surface area (Å²) in [5.41, 5.74) is 4.26. The maximum atomic E-state index is 3.57. The third-order valence-electron chi connectivity index (χ3n) is 2.99. The van der Waals surface area contributed by atoms with Gasteiger partial charge in [0.05, 0.1) is 0 Å². The molecule has 0 aliphatic heterocycles. The molecule has 0 bridgehead atoms. The molecule has 0 aromatic heterocycles. The van der Waals surface area contributed by atoms with Crippen molar-refractivity contribution in [3.8, 4) is 0 Å². The molecule has 0 saturated heterocycles. The Hall–Kier alpha value is -0.340. The zero-order valence-electron chi connectivity index (χ0n) is 10.6. The van der Waals surface area contributed by atoms with E-state index in [1.54, 1.807) is 0 Å². The largest absolute Gasteiger partial charge is 0.320 e. The van der Waals surface area contributed by atoms with Gasteiger partial charge in [0, 0.05) is 4.47 Å². The monoisotopic (exact) mass is 283 g/mol. The Labute approximate surface area is 108 Å². The Morgan fingerprint density at radius 3 is 2.50 bits per heavy atom. The minimum absolute atomic E-state index is 1.14. The highest BCUT2D eigenvalue weighted by Gasteiger charge is 2.02. The number of hydrogen-bond acceptors (Lipinski definition) is 1. The van der Waals surface area contributed by atoms with Gasteiger partial charge in [-0.1, -0.05) is 28.4 Å². The zero-order chi connectivity index (χ0) is 12.0. The second kappa shape index (κ2) is 7.08. The van der Waals surface area contributed by atoms with Crippen molar-refractivity contribution in [3.05, 3.63) is 33.3 Å². The maximum Gasteiger partial charge on any atom is 0.0207 e. The van der Waals surface area contributed by atoms with Crippen LogP contribution in [0.2, 0.25) is 0 Å². The Morgan fingerprint density at radius 1 is 1.06 bits per heavy atom. The Morgan fingerprint density at radius 2 is 1.81 bits per heavy atom. The molecule has 0 aliphatic rings. The van der Waals surface area contributed by atoms with Crippen molar-refractivity contribution in [3.63, 3.8) is 0 Å². The number of nitrogens with one attached hydrogen (secondary N) is 1. The average molecular weight is 284 g/mol. The number of hydrogen-bond donors (Lipinski definition) is 1. The zero-order valence-corrected chi connectivity index (χ0v) is 12.2. The number of aryl methyl sites for hydroxylation is 3. The summed E-state index contributed by atoms with van der Waals surface area (Å²) in [4.78, 5) is 0.